The molecule has 158 valence electrons. The van der Waals surface area contributed by atoms with Crippen LogP contribution in [-0.4, -0.2) is 62.1 Å². The summed E-state index contributed by atoms with van der Waals surface area (Å²) in [5.41, 5.74) is 1.56. The van der Waals surface area contributed by atoms with Crippen molar-refractivity contribution in [1.29, 1.82) is 0 Å². The first-order chi connectivity index (χ1) is 14.4. The quantitative estimate of drug-likeness (QED) is 0.843. The van der Waals surface area contributed by atoms with E-state index in [4.69, 9.17) is 4.74 Å². The zero-order valence-corrected chi connectivity index (χ0v) is 17.7. The normalized spacial score (nSPS) is 18.6. The lowest BCUT2D eigenvalue weighted by Crippen LogP contribution is -2.61. The summed E-state index contributed by atoms with van der Waals surface area (Å²) in [6.07, 6.45) is 0. The van der Waals surface area contributed by atoms with Crippen LogP contribution in [0.2, 0.25) is 0 Å². The van der Waals surface area contributed by atoms with Gasteiger partial charge >= 0.3 is 0 Å². The molecule has 2 amide bonds. The standard InChI is InChI=1S/C23H28N4O3/c1-23(2)22(29)24-17-8-4-5-9-18(17)27(23)21(28)16-25-12-14-26(15-13-25)19-10-6-7-11-20(19)30-3/h4-11H,12-16H2,1-3H3,(H,24,29). The molecule has 0 saturated carbocycles. The second kappa shape index (κ2) is 7.99. The Balaban J connectivity index is 1.46. The Morgan fingerprint density at radius 3 is 2.33 bits per heavy atom. The summed E-state index contributed by atoms with van der Waals surface area (Å²) in [4.78, 5) is 32.0. The van der Waals surface area contributed by atoms with Crippen molar-refractivity contribution in [1.82, 2.24) is 4.90 Å². The highest BCUT2D eigenvalue weighted by Crippen LogP contribution is 2.37. The van der Waals surface area contributed by atoms with E-state index in [-0.39, 0.29) is 18.4 Å². The van der Waals surface area contributed by atoms with Crippen molar-refractivity contribution in [2.75, 3.05) is 55.0 Å². The van der Waals surface area contributed by atoms with Crippen LogP contribution in [0.4, 0.5) is 17.1 Å². The summed E-state index contributed by atoms with van der Waals surface area (Å²) in [5.74, 6) is 0.628. The van der Waals surface area contributed by atoms with Crippen molar-refractivity contribution in [2.45, 2.75) is 19.4 Å². The van der Waals surface area contributed by atoms with Gasteiger partial charge in [-0.1, -0.05) is 24.3 Å². The minimum atomic E-state index is -0.940. The molecule has 1 saturated heterocycles. The van der Waals surface area contributed by atoms with Crippen LogP contribution < -0.4 is 19.9 Å². The lowest BCUT2D eigenvalue weighted by atomic mass is 9.96. The van der Waals surface area contributed by atoms with Gasteiger partial charge in [0.25, 0.3) is 0 Å². The Morgan fingerprint density at radius 2 is 1.63 bits per heavy atom. The molecular formula is C23H28N4O3. The molecule has 1 N–H and O–H groups in total. The number of amides is 2. The first kappa shape index (κ1) is 20.2. The molecular weight excluding hydrogens is 380 g/mol. The van der Waals surface area contributed by atoms with Crippen LogP contribution in [0.5, 0.6) is 5.75 Å². The van der Waals surface area contributed by atoms with Crippen molar-refractivity contribution >= 4 is 28.9 Å². The summed E-state index contributed by atoms with van der Waals surface area (Å²) in [6, 6.07) is 15.5. The zero-order valence-electron chi connectivity index (χ0n) is 17.7. The molecule has 0 unspecified atom stereocenters. The maximum atomic E-state index is 13.3. The average molecular weight is 409 g/mol. The summed E-state index contributed by atoms with van der Waals surface area (Å²) in [7, 11) is 1.68. The molecule has 0 spiro atoms. The fourth-order valence-corrected chi connectivity index (χ4v) is 4.20. The van der Waals surface area contributed by atoms with Crippen molar-refractivity contribution < 1.29 is 14.3 Å². The van der Waals surface area contributed by atoms with E-state index in [9.17, 15) is 9.59 Å². The number of para-hydroxylation sites is 4. The maximum Gasteiger partial charge on any atom is 0.250 e. The van der Waals surface area contributed by atoms with Gasteiger partial charge in [-0.3, -0.25) is 19.4 Å². The number of carbonyl (C=O) groups is 2. The van der Waals surface area contributed by atoms with Gasteiger partial charge in [0.15, 0.2) is 0 Å². The topological polar surface area (TPSA) is 65.1 Å². The van der Waals surface area contributed by atoms with Crippen molar-refractivity contribution in [3.8, 4) is 5.75 Å². The number of methoxy groups -OCH3 is 1. The number of fused-ring (bicyclic) bond motifs is 1. The highest BCUT2D eigenvalue weighted by molar-refractivity contribution is 6.14. The molecule has 7 heteroatoms. The van der Waals surface area contributed by atoms with Crippen LogP contribution in [0.1, 0.15) is 13.8 Å². The predicted molar refractivity (Wildman–Crippen MR) is 118 cm³/mol. The van der Waals surface area contributed by atoms with Crippen LogP contribution >= 0.6 is 0 Å². The van der Waals surface area contributed by atoms with E-state index in [0.29, 0.717) is 5.69 Å². The number of anilines is 3. The van der Waals surface area contributed by atoms with E-state index >= 15 is 0 Å². The largest absolute Gasteiger partial charge is 0.495 e. The van der Waals surface area contributed by atoms with Crippen molar-refractivity contribution in [3.63, 3.8) is 0 Å². The number of piperazine rings is 1. The Morgan fingerprint density at radius 1 is 1.00 bits per heavy atom. The van der Waals surface area contributed by atoms with Crippen LogP contribution in [0.3, 0.4) is 0 Å². The smallest absolute Gasteiger partial charge is 0.250 e. The van der Waals surface area contributed by atoms with E-state index in [2.05, 4.69) is 21.2 Å². The van der Waals surface area contributed by atoms with Crippen LogP contribution in [-0.2, 0) is 9.59 Å². The van der Waals surface area contributed by atoms with Gasteiger partial charge in [-0.15, -0.1) is 0 Å². The predicted octanol–water partition coefficient (Wildman–Crippen LogP) is 2.58. The summed E-state index contributed by atoms with van der Waals surface area (Å²) in [6.45, 7) is 7.02. The number of nitrogens with one attached hydrogen (secondary N) is 1. The molecule has 2 aliphatic rings. The number of rotatable bonds is 4. The Bertz CT molecular complexity index is 951. The molecule has 30 heavy (non-hydrogen) atoms. The number of hydrogen-bond donors (Lipinski definition) is 1. The van der Waals surface area contributed by atoms with Gasteiger partial charge < -0.3 is 15.0 Å². The number of carbonyl (C=O) groups excluding carboxylic acids is 2. The first-order valence-electron chi connectivity index (χ1n) is 10.3. The lowest BCUT2D eigenvalue weighted by Gasteiger charge is -2.43. The molecule has 0 aliphatic carbocycles. The van der Waals surface area contributed by atoms with Crippen molar-refractivity contribution in [3.05, 3.63) is 48.5 Å². The fourth-order valence-electron chi connectivity index (χ4n) is 4.20. The number of nitrogens with zero attached hydrogens (tertiary/aromatic N) is 3. The fraction of sp³-hybridized carbons (Fsp3) is 0.391. The van der Waals surface area contributed by atoms with Crippen LogP contribution in [0, 0.1) is 0 Å². The van der Waals surface area contributed by atoms with Gasteiger partial charge in [-0.2, -0.15) is 0 Å². The highest BCUT2D eigenvalue weighted by Gasteiger charge is 2.43. The number of ether oxygens (including phenoxy) is 1. The average Bonchev–Trinajstić information content (AvgIpc) is 2.75. The third-order valence-electron chi connectivity index (χ3n) is 5.91. The van der Waals surface area contributed by atoms with Gasteiger partial charge in [0.05, 0.1) is 30.7 Å². The summed E-state index contributed by atoms with van der Waals surface area (Å²) >= 11 is 0. The lowest BCUT2D eigenvalue weighted by molar-refractivity contribution is -0.127. The maximum absolute atomic E-state index is 13.3. The molecule has 2 heterocycles. The molecule has 2 aromatic carbocycles. The Labute approximate surface area is 177 Å². The van der Waals surface area contributed by atoms with E-state index in [0.717, 1.165) is 43.3 Å². The Hall–Kier alpha value is -3.06. The molecule has 1 fully saturated rings. The molecule has 4 rings (SSSR count). The van der Waals surface area contributed by atoms with Gasteiger partial charge in [0.2, 0.25) is 11.8 Å². The summed E-state index contributed by atoms with van der Waals surface area (Å²) < 4.78 is 5.48. The van der Waals surface area contributed by atoms with Gasteiger partial charge in [-0.05, 0) is 38.1 Å². The molecule has 0 radical (unpaired) electrons. The van der Waals surface area contributed by atoms with E-state index < -0.39 is 5.54 Å². The number of benzene rings is 2. The molecule has 0 bridgehead atoms. The SMILES string of the molecule is COc1ccccc1N1CCN(CC(=O)N2c3ccccc3NC(=O)C2(C)C)CC1. The third kappa shape index (κ3) is 3.61. The molecule has 0 aromatic heterocycles. The van der Waals surface area contributed by atoms with Gasteiger partial charge in [0, 0.05) is 26.2 Å². The van der Waals surface area contributed by atoms with E-state index in [1.807, 2.05) is 42.5 Å². The molecule has 7 nitrogen and oxygen atoms in total. The van der Waals surface area contributed by atoms with Crippen molar-refractivity contribution in [2.24, 2.45) is 0 Å². The monoisotopic (exact) mass is 408 g/mol. The van der Waals surface area contributed by atoms with E-state index in [1.165, 1.54) is 0 Å². The minimum absolute atomic E-state index is 0.0620. The summed E-state index contributed by atoms with van der Waals surface area (Å²) in [5, 5.41) is 2.91. The highest BCUT2D eigenvalue weighted by atomic mass is 16.5. The minimum Gasteiger partial charge on any atom is -0.495 e. The van der Waals surface area contributed by atoms with Crippen LogP contribution in [0.15, 0.2) is 48.5 Å². The second-order valence-electron chi connectivity index (χ2n) is 8.19. The zero-order chi connectivity index (χ0) is 21.3. The number of hydrogen-bond acceptors (Lipinski definition) is 5. The third-order valence-corrected chi connectivity index (χ3v) is 5.91. The molecule has 2 aromatic rings. The Kier molecular flexibility index (Phi) is 5.39. The van der Waals surface area contributed by atoms with Crippen LogP contribution in [0.25, 0.3) is 0 Å². The van der Waals surface area contributed by atoms with Gasteiger partial charge in [0.1, 0.15) is 11.3 Å². The second-order valence-corrected chi connectivity index (χ2v) is 8.19. The van der Waals surface area contributed by atoms with Gasteiger partial charge in [-0.25, -0.2) is 0 Å². The first-order valence-corrected chi connectivity index (χ1v) is 10.3. The molecule has 2 aliphatic heterocycles. The molecule has 0 atom stereocenters. The van der Waals surface area contributed by atoms with E-state index in [1.54, 1.807) is 25.9 Å².